The van der Waals surface area contributed by atoms with Gasteiger partial charge in [-0.1, -0.05) is 5.16 Å². The molecule has 1 N–H and O–H groups in total. The number of carbonyl (C=O) groups excluding carboxylic acids is 2. The van der Waals surface area contributed by atoms with Gasteiger partial charge < -0.3 is 19.5 Å². The molecule has 142 valence electrons. The maximum atomic E-state index is 13.4. The third-order valence-electron chi connectivity index (χ3n) is 5.91. The Morgan fingerprint density at radius 2 is 2.19 bits per heavy atom. The number of aryl methyl sites for hydroxylation is 1. The molecular formula is C19H22N4O4. The van der Waals surface area contributed by atoms with Crippen LogP contribution in [0.5, 0.6) is 0 Å². The molecule has 0 unspecified atom stereocenters. The molecular weight excluding hydrogens is 348 g/mol. The van der Waals surface area contributed by atoms with Crippen molar-refractivity contribution in [3.05, 3.63) is 23.0 Å². The van der Waals surface area contributed by atoms with E-state index in [1.807, 2.05) is 17.9 Å². The third-order valence-corrected chi connectivity index (χ3v) is 5.91. The monoisotopic (exact) mass is 370 g/mol. The Balaban J connectivity index is 1.45. The summed E-state index contributed by atoms with van der Waals surface area (Å²) in [6, 6.07) is 1.92. The fourth-order valence-electron chi connectivity index (χ4n) is 4.19. The second-order valence-corrected chi connectivity index (χ2v) is 7.89. The lowest BCUT2D eigenvalue weighted by Gasteiger charge is -2.25. The number of likely N-dealkylation sites (tertiary alicyclic amines) is 1. The number of alkyl carbamates (subject to hydrolysis) is 1. The van der Waals surface area contributed by atoms with E-state index in [0.29, 0.717) is 54.3 Å². The van der Waals surface area contributed by atoms with E-state index < -0.39 is 5.60 Å². The Morgan fingerprint density at radius 1 is 1.33 bits per heavy atom. The van der Waals surface area contributed by atoms with Crippen LogP contribution in [-0.4, -0.2) is 52.3 Å². The van der Waals surface area contributed by atoms with Crippen LogP contribution in [0.3, 0.4) is 0 Å². The molecule has 0 bridgehead atoms. The second kappa shape index (κ2) is 5.94. The van der Waals surface area contributed by atoms with Crippen molar-refractivity contribution in [1.82, 2.24) is 20.4 Å². The SMILES string of the molecule is Cc1noc2nc(C3CC3)cc(C(=O)N3CCC[C@]4(CC3)CNC(=O)O4)c12. The molecule has 5 rings (SSSR count). The fraction of sp³-hybridized carbons (Fsp3) is 0.579. The van der Waals surface area contributed by atoms with Gasteiger partial charge in [0, 0.05) is 31.1 Å². The molecule has 3 fully saturated rings. The number of carbonyl (C=O) groups is 2. The van der Waals surface area contributed by atoms with Crippen molar-refractivity contribution in [3.63, 3.8) is 0 Å². The number of fused-ring (bicyclic) bond motifs is 1. The first-order valence-corrected chi connectivity index (χ1v) is 9.58. The Hall–Kier alpha value is -2.64. The summed E-state index contributed by atoms with van der Waals surface area (Å²) >= 11 is 0. The molecule has 2 amide bonds. The highest BCUT2D eigenvalue weighted by Gasteiger charge is 2.42. The standard InChI is InChI=1S/C19H22N4O4/c1-11-15-13(9-14(12-3-4-12)21-16(15)27-22-11)17(24)23-7-2-5-19(6-8-23)10-20-18(25)26-19/h9,12H,2-8,10H2,1H3,(H,20,25)/t19-/m0/s1. The van der Waals surface area contributed by atoms with Crippen LogP contribution in [0.4, 0.5) is 4.79 Å². The first kappa shape index (κ1) is 16.5. The number of nitrogens with one attached hydrogen (secondary N) is 1. The Kier molecular flexibility index (Phi) is 3.63. The Labute approximate surface area is 156 Å². The number of aromatic nitrogens is 2. The molecule has 8 nitrogen and oxygen atoms in total. The van der Waals surface area contributed by atoms with Crippen molar-refractivity contribution in [2.45, 2.75) is 50.5 Å². The Bertz CT molecular complexity index is 935. The van der Waals surface area contributed by atoms with Gasteiger partial charge in [-0.2, -0.15) is 0 Å². The molecule has 1 atom stereocenters. The van der Waals surface area contributed by atoms with Gasteiger partial charge in [0.2, 0.25) is 0 Å². The van der Waals surface area contributed by atoms with Gasteiger partial charge in [0.15, 0.2) is 0 Å². The second-order valence-electron chi connectivity index (χ2n) is 7.89. The van der Waals surface area contributed by atoms with E-state index in [-0.39, 0.29) is 12.0 Å². The number of hydrogen-bond donors (Lipinski definition) is 1. The van der Waals surface area contributed by atoms with Crippen LogP contribution in [0.15, 0.2) is 10.6 Å². The van der Waals surface area contributed by atoms with Crippen LogP contribution >= 0.6 is 0 Å². The number of amides is 2. The number of hydrogen-bond acceptors (Lipinski definition) is 6. The van der Waals surface area contributed by atoms with E-state index in [4.69, 9.17) is 9.26 Å². The number of ether oxygens (including phenoxy) is 1. The molecule has 1 aliphatic carbocycles. The summed E-state index contributed by atoms with van der Waals surface area (Å²) in [6.45, 7) is 3.55. The summed E-state index contributed by atoms with van der Waals surface area (Å²) in [5, 5.41) is 7.47. The molecule has 27 heavy (non-hydrogen) atoms. The molecule has 2 aromatic heterocycles. The van der Waals surface area contributed by atoms with Gasteiger partial charge in [0.05, 0.1) is 23.2 Å². The molecule has 0 aromatic carbocycles. The largest absolute Gasteiger partial charge is 0.441 e. The average Bonchev–Trinajstić information content (AvgIpc) is 3.39. The van der Waals surface area contributed by atoms with Gasteiger partial charge in [0.1, 0.15) is 5.60 Å². The zero-order valence-corrected chi connectivity index (χ0v) is 15.3. The topological polar surface area (TPSA) is 97.6 Å². The Morgan fingerprint density at radius 3 is 2.93 bits per heavy atom. The summed E-state index contributed by atoms with van der Waals surface area (Å²) in [4.78, 5) is 31.3. The number of nitrogens with zero attached hydrogens (tertiary/aromatic N) is 3. The van der Waals surface area contributed by atoms with Gasteiger partial charge in [0.25, 0.3) is 11.6 Å². The maximum absolute atomic E-state index is 13.4. The zero-order valence-electron chi connectivity index (χ0n) is 15.3. The lowest BCUT2D eigenvalue weighted by atomic mass is 9.95. The van der Waals surface area contributed by atoms with E-state index in [2.05, 4.69) is 15.5 Å². The summed E-state index contributed by atoms with van der Waals surface area (Å²) in [7, 11) is 0. The van der Waals surface area contributed by atoms with E-state index in [0.717, 1.165) is 31.4 Å². The van der Waals surface area contributed by atoms with Crippen LogP contribution in [0.1, 0.15) is 59.8 Å². The van der Waals surface area contributed by atoms with E-state index in [9.17, 15) is 9.59 Å². The van der Waals surface area contributed by atoms with Gasteiger partial charge in [-0.15, -0.1) is 0 Å². The van der Waals surface area contributed by atoms with Gasteiger partial charge in [-0.05, 0) is 38.7 Å². The molecule has 4 heterocycles. The normalized spacial score (nSPS) is 25.5. The molecule has 2 aliphatic heterocycles. The van der Waals surface area contributed by atoms with Crippen molar-refractivity contribution in [1.29, 1.82) is 0 Å². The van der Waals surface area contributed by atoms with Gasteiger partial charge in [-0.25, -0.2) is 9.78 Å². The summed E-state index contributed by atoms with van der Waals surface area (Å²) in [5.74, 6) is 0.396. The molecule has 0 radical (unpaired) electrons. The minimum atomic E-state index is -0.480. The molecule has 2 aromatic rings. The average molecular weight is 370 g/mol. The first-order valence-electron chi connectivity index (χ1n) is 9.58. The summed E-state index contributed by atoms with van der Waals surface area (Å²) < 4.78 is 10.9. The maximum Gasteiger partial charge on any atom is 0.407 e. The minimum Gasteiger partial charge on any atom is -0.441 e. The predicted molar refractivity (Wildman–Crippen MR) is 95.5 cm³/mol. The van der Waals surface area contributed by atoms with Crippen LogP contribution in [0, 0.1) is 6.92 Å². The highest BCUT2D eigenvalue weighted by molar-refractivity contribution is 6.06. The van der Waals surface area contributed by atoms with Crippen LogP contribution in [0.25, 0.3) is 11.1 Å². The van der Waals surface area contributed by atoms with Crippen molar-refractivity contribution in [2.75, 3.05) is 19.6 Å². The van der Waals surface area contributed by atoms with Gasteiger partial charge >= 0.3 is 6.09 Å². The van der Waals surface area contributed by atoms with Crippen molar-refractivity contribution in [2.24, 2.45) is 0 Å². The van der Waals surface area contributed by atoms with Crippen molar-refractivity contribution in [3.8, 4) is 0 Å². The first-order chi connectivity index (χ1) is 13.0. The van der Waals surface area contributed by atoms with Crippen LogP contribution in [0.2, 0.25) is 0 Å². The lowest BCUT2D eigenvalue weighted by molar-refractivity contribution is 0.0439. The minimum absolute atomic E-state index is 0.0232. The molecule has 1 spiro atoms. The van der Waals surface area contributed by atoms with Crippen molar-refractivity contribution < 1.29 is 18.8 Å². The number of rotatable bonds is 2. The molecule has 2 saturated heterocycles. The molecule has 1 saturated carbocycles. The molecule has 8 heteroatoms. The summed E-state index contributed by atoms with van der Waals surface area (Å²) in [5.41, 5.74) is 2.19. The third kappa shape index (κ3) is 2.83. The highest BCUT2D eigenvalue weighted by atomic mass is 16.6. The van der Waals surface area contributed by atoms with E-state index >= 15 is 0 Å². The van der Waals surface area contributed by atoms with E-state index in [1.165, 1.54) is 0 Å². The van der Waals surface area contributed by atoms with Crippen LogP contribution in [-0.2, 0) is 4.74 Å². The lowest BCUT2D eigenvalue weighted by Crippen LogP contribution is -2.36. The zero-order chi connectivity index (χ0) is 18.6. The molecule has 3 aliphatic rings. The van der Waals surface area contributed by atoms with Gasteiger partial charge in [-0.3, -0.25) is 4.79 Å². The predicted octanol–water partition coefficient (Wildman–Crippen LogP) is 2.51. The summed E-state index contributed by atoms with van der Waals surface area (Å²) in [6.07, 6.45) is 4.05. The highest BCUT2D eigenvalue weighted by Crippen LogP contribution is 2.41. The fourth-order valence-corrected chi connectivity index (χ4v) is 4.19. The smallest absolute Gasteiger partial charge is 0.407 e. The van der Waals surface area contributed by atoms with Crippen LogP contribution < -0.4 is 5.32 Å². The number of pyridine rings is 1. The quantitative estimate of drug-likeness (QED) is 0.872. The van der Waals surface area contributed by atoms with Crippen molar-refractivity contribution >= 4 is 23.1 Å². The van der Waals surface area contributed by atoms with E-state index in [1.54, 1.807) is 0 Å².